The van der Waals surface area contributed by atoms with Crippen LogP contribution in [0, 0.1) is 0 Å². The van der Waals surface area contributed by atoms with Crippen LogP contribution in [0.15, 0.2) is 23.3 Å². The molecule has 0 bridgehead atoms. The quantitative estimate of drug-likeness (QED) is 0.416. The van der Waals surface area contributed by atoms with E-state index in [0.29, 0.717) is 16.7 Å². The number of hydrogen-bond donors (Lipinski definition) is 0. The van der Waals surface area contributed by atoms with Gasteiger partial charge in [-0.1, -0.05) is 18.2 Å². The first kappa shape index (κ1) is 16.6. The van der Waals surface area contributed by atoms with Gasteiger partial charge in [-0.2, -0.15) is 0 Å². The summed E-state index contributed by atoms with van der Waals surface area (Å²) in [6.07, 6.45) is 0. The molecule has 0 aromatic rings. The third-order valence-corrected chi connectivity index (χ3v) is 3.46. The highest BCUT2D eigenvalue weighted by molar-refractivity contribution is 6.70. The minimum atomic E-state index is -1.76. The van der Waals surface area contributed by atoms with E-state index in [0.717, 1.165) is 0 Å². The molecule has 0 spiro atoms. The maximum Gasteiger partial charge on any atom is 0.288 e. The van der Waals surface area contributed by atoms with E-state index >= 15 is 0 Å². The fourth-order valence-corrected chi connectivity index (χ4v) is 2.85. The van der Waals surface area contributed by atoms with Crippen LogP contribution in [0.3, 0.4) is 0 Å². The summed E-state index contributed by atoms with van der Waals surface area (Å²) in [7, 11) is -1.95. The molecule has 3 nitrogen and oxygen atoms in total. The highest BCUT2D eigenvalue weighted by atomic mass is 35.5. The molecule has 0 atom stereocenters. The fraction of sp³-hybridized carbons (Fsp3) is 0.636. The molecule has 0 radical (unpaired) electrons. The minimum Gasteiger partial charge on any atom is -0.544 e. The van der Waals surface area contributed by atoms with Crippen molar-refractivity contribution in [3.63, 3.8) is 0 Å². The first-order valence-electron chi connectivity index (χ1n) is 5.47. The molecule has 6 heteroatoms. The van der Waals surface area contributed by atoms with Gasteiger partial charge in [0, 0.05) is 0 Å². The van der Waals surface area contributed by atoms with Crippen LogP contribution in [0.2, 0.25) is 39.3 Å². The molecular formula is C11H23ClO3Si2. The minimum absolute atomic E-state index is 0.300. The Bertz CT molecular complexity index is 314. The highest BCUT2D eigenvalue weighted by Gasteiger charge is 2.24. The topological polar surface area (TPSA) is 27.7 Å². The van der Waals surface area contributed by atoms with Gasteiger partial charge in [-0.25, -0.2) is 0 Å². The van der Waals surface area contributed by atoms with Crippen molar-refractivity contribution in [1.29, 1.82) is 0 Å². The fourth-order valence-electron chi connectivity index (χ4n) is 0.982. The summed E-state index contributed by atoms with van der Waals surface area (Å²) in [5.41, 5.74) is 0. The molecule has 0 rings (SSSR count). The van der Waals surface area contributed by atoms with Crippen LogP contribution < -0.4 is 0 Å². The van der Waals surface area contributed by atoms with Gasteiger partial charge in [-0.15, -0.1) is 0 Å². The number of hydrogen-bond acceptors (Lipinski definition) is 3. The van der Waals surface area contributed by atoms with E-state index in [9.17, 15) is 0 Å². The summed E-state index contributed by atoms with van der Waals surface area (Å²) >= 11 is 6.16. The van der Waals surface area contributed by atoms with Gasteiger partial charge in [0.15, 0.2) is 5.03 Å². The van der Waals surface area contributed by atoms with Gasteiger partial charge in [-0.3, -0.25) is 0 Å². The molecule has 0 heterocycles. The second-order valence-corrected chi connectivity index (χ2v) is 14.9. The normalized spacial score (nSPS) is 13.9. The van der Waals surface area contributed by atoms with Crippen LogP contribution in [-0.2, 0) is 13.6 Å². The lowest BCUT2D eigenvalue weighted by atomic mass is 10.5. The summed E-state index contributed by atoms with van der Waals surface area (Å²) in [6, 6.07) is 0. The SMILES string of the molecule is C=C(O[Si](C)(C)C)/C(Cl)=C(\OC)O[Si](C)(C)C. The summed E-state index contributed by atoms with van der Waals surface area (Å²) in [5, 5.41) is 0.317. The van der Waals surface area contributed by atoms with Crippen LogP contribution in [0.1, 0.15) is 0 Å². The van der Waals surface area contributed by atoms with E-state index < -0.39 is 16.6 Å². The van der Waals surface area contributed by atoms with Crippen molar-refractivity contribution in [2.75, 3.05) is 7.11 Å². The summed E-state index contributed by atoms with van der Waals surface area (Å²) < 4.78 is 16.6. The molecule has 0 aliphatic heterocycles. The molecule has 0 amide bonds. The largest absolute Gasteiger partial charge is 0.544 e. The van der Waals surface area contributed by atoms with Crippen LogP contribution >= 0.6 is 11.6 Å². The first-order chi connectivity index (χ1) is 7.46. The van der Waals surface area contributed by atoms with Crippen molar-refractivity contribution in [3.05, 3.63) is 23.3 Å². The number of rotatable bonds is 6. The number of ether oxygens (including phenoxy) is 1. The van der Waals surface area contributed by atoms with Crippen molar-refractivity contribution in [2.45, 2.75) is 39.3 Å². The Morgan fingerprint density at radius 2 is 1.35 bits per heavy atom. The Kier molecular flexibility index (Phi) is 5.83. The molecule has 0 aliphatic rings. The number of allylic oxidation sites excluding steroid dienone is 1. The number of halogens is 1. The van der Waals surface area contributed by atoms with Crippen LogP contribution in [0.5, 0.6) is 0 Å². The molecule has 0 unspecified atom stereocenters. The summed E-state index contributed by atoms with van der Waals surface area (Å²) in [5.74, 6) is 0.718. The first-order valence-corrected chi connectivity index (χ1v) is 12.7. The third-order valence-electron chi connectivity index (χ3n) is 1.44. The molecule has 0 aliphatic carbocycles. The van der Waals surface area contributed by atoms with E-state index in [1.54, 1.807) is 0 Å². The molecule has 0 saturated heterocycles. The Labute approximate surface area is 112 Å². The summed E-state index contributed by atoms with van der Waals surface area (Å²) in [6.45, 7) is 16.2. The van der Waals surface area contributed by atoms with E-state index in [-0.39, 0.29) is 0 Å². The lowest BCUT2D eigenvalue weighted by Gasteiger charge is -2.24. The van der Waals surface area contributed by atoms with Gasteiger partial charge in [0.25, 0.3) is 5.95 Å². The molecule has 17 heavy (non-hydrogen) atoms. The Morgan fingerprint density at radius 1 is 0.941 bits per heavy atom. The van der Waals surface area contributed by atoms with E-state index in [1.165, 1.54) is 7.11 Å². The zero-order chi connectivity index (χ0) is 13.9. The van der Waals surface area contributed by atoms with Gasteiger partial charge >= 0.3 is 0 Å². The van der Waals surface area contributed by atoms with Crippen LogP contribution in [0.4, 0.5) is 0 Å². The average molecular weight is 295 g/mol. The predicted molar refractivity (Wildman–Crippen MR) is 77.9 cm³/mol. The summed E-state index contributed by atoms with van der Waals surface area (Å²) in [4.78, 5) is 0. The van der Waals surface area contributed by atoms with Crippen molar-refractivity contribution in [2.24, 2.45) is 0 Å². The standard InChI is InChI=1S/C11H23ClO3Si2/c1-9(14-16(3,4)5)10(12)11(13-2)15-17(6,7)8/h1H2,2-8H3/b11-10-. The van der Waals surface area contributed by atoms with Crippen molar-refractivity contribution < 1.29 is 13.6 Å². The van der Waals surface area contributed by atoms with Gasteiger partial charge in [0.1, 0.15) is 5.76 Å². The lowest BCUT2D eigenvalue weighted by Crippen LogP contribution is -2.27. The van der Waals surface area contributed by atoms with Crippen LogP contribution in [-0.4, -0.2) is 23.7 Å². The molecule has 0 saturated carbocycles. The zero-order valence-corrected chi connectivity index (χ0v) is 14.6. The van der Waals surface area contributed by atoms with Crippen molar-refractivity contribution in [3.8, 4) is 0 Å². The molecular weight excluding hydrogens is 272 g/mol. The third kappa shape index (κ3) is 7.51. The van der Waals surface area contributed by atoms with Crippen LogP contribution in [0.25, 0.3) is 0 Å². The molecule has 0 aromatic carbocycles. The second kappa shape index (κ2) is 5.97. The molecule has 0 N–H and O–H groups in total. The number of methoxy groups -OCH3 is 1. The molecule has 0 fully saturated rings. The van der Waals surface area contributed by atoms with Gasteiger partial charge in [0.05, 0.1) is 7.11 Å². The highest BCUT2D eigenvalue weighted by Crippen LogP contribution is 2.25. The van der Waals surface area contributed by atoms with Crippen molar-refractivity contribution >= 4 is 28.2 Å². The van der Waals surface area contributed by atoms with E-state index in [1.807, 2.05) is 0 Å². The molecule has 0 aromatic heterocycles. The monoisotopic (exact) mass is 294 g/mol. The maximum absolute atomic E-state index is 6.16. The smallest absolute Gasteiger partial charge is 0.288 e. The Balaban J connectivity index is 4.92. The lowest BCUT2D eigenvalue weighted by molar-refractivity contribution is 0.143. The Morgan fingerprint density at radius 3 is 1.65 bits per heavy atom. The second-order valence-electron chi connectivity index (χ2n) is 5.66. The van der Waals surface area contributed by atoms with Crippen molar-refractivity contribution in [1.82, 2.24) is 0 Å². The maximum atomic E-state index is 6.16. The predicted octanol–water partition coefficient (Wildman–Crippen LogP) is 4.26. The van der Waals surface area contributed by atoms with Gasteiger partial charge in [0.2, 0.25) is 16.6 Å². The average Bonchev–Trinajstić information content (AvgIpc) is 2.08. The zero-order valence-electron chi connectivity index (χ0n) is 11.8. The van der Waals surface area contributed by atoms with E-state index in [4.69, 9.17) is 25.2 Å². The Hall–Kier alpha value is -0.396. The molecule has 100 valence electrons. The van der Waals surface area contributed by atoms with Gasteiger partial charge < -0.3 is 13.6 Å². The van der Waals surface area contributed by atoms with Gasteiger partial charge in [-0.05, 0) is 39.3 Å². The van der Waals surface area contributed by atoms with E-state index in [2.05, 4.69) is 45.9 Å².